The third-order valence-electron chi connectivity index (χ3n) is 2.41. The summed E-state index contributed by atoms with van der Waals surface area (Å²) in [6.45, 7) is 1.95. The third-order valence-corrected chi connectivity index (χ3v) is 2.70. The Bertz CT molecular complexity index is 490. The monoisotopic (exact) mass is 237 g/mol. The molecule has 0 saturated heterocycles. The molecular weight excluding hydrogens is 226 g/mol. The van der Waals surface area contributed by atoms with Crippen molar-refractivity contribution in [2.45, 2.75) is 13.0 Å². The summed E-state index contributed by atoms with van der Waals surface area (Å²) in [5.74, 6) is 0. The maximum Gasteiger partial charge on any atom is 0.139 e. The number of hydrogen-bond donors (Lipinski definition) is 1. The molecule has 0 fully saturated rings. The number of rotatable bonds is 2. The van der Waals surface area contributed by atoms with Gasteiger partial charge in [0.2, 0.25) is 0 Å². The van der Waals surface area contributed by atoms with E-state index in [9.17, 15) is 5.11 Å². The lowest BCUT2D eigenvalue weighted by Crippen LogP contribution is -2.08. The summed E-state index contributed by atoms with van der Waals surface area (Å²) >= 11 is 5.96. The van der Waals surface area contributed by atoms with Gasteiger partial charge < -0.3 is 5.11 Å². The number of aryl methyl sites for hydroxylation is 2. The second-order valence-corrected chi connectivity index (χ2v) is 4.07. The van der Waals surface area contributed by atoms with Gasteiger partial charge in [-0.25, -0.2) is 0 Å². The predicted molar refractivity (Wildman–Crippen MR) is 61.3 cm³/mol. The fourth-order valence-electron chi connectivity index (χ4n) is 1.58. The molecule has 0 aromatic carbocycles. The van der Waals surface area contributed by atoms with E-state index in [1.54, 1.807) is 17.9 Å². The SMILES string of the molecule is Cc1ccnc(C(O)c2c(Cl)cnn2C)c1. The van der Waals surface area contributed by atoms with Crippen LogP contribution >= 0.6 is 11.6 Å². The number of aromatic nitrogens is 3. The van der Waals surface area contributed by atoms with E-state index in [1.807, 2.05) is 19.1 Å². The molecule has 0 radical (unpaired) electrons. The summed E-state index contributed by atoms with van der Waals surface area (Å²) in [6.07, 6.45) is 2.33. The van der Waals surface area contributed by atoms with Gasteiger partial charge in [-0.3, -0.25) is 9.67 Å². The Hall–Kier alpha value is -1.39. The highest BCUT2D eigenvalue weighted by atomic mass is 35.5. The molecule has 1 N–H and O–H groups in total. The van der Waals surface area contributed by atoms with Crippen LogP contribution in [0.4, 0.5) is 0 Å². The van der Waals surface area contributed by atoms with Crippen LogP contribution in [0.15, 0.2) is 24.5 Å². The van der Waals surface area contributed by atoms with Gasteiger partial charge in [-0.2, -0.15) is 5.10 Å². The van der Waals surface area contributed by atoms with E-state index in [4.69, 9.17) is 11.6 Å². The molecule has 2 aromatic heterocycles. The van der Waals surface area contributed by atoms with E-state index in [0.717, 1.165) is 5.56 Å². The largest absolute Gasteiger partial charge is 0.380 e. The minimum Gasteiger partial charge on any atom is -0.380 e. The average molecular weight is 238 g/mol. The number of aliphatic hydroxyl groups excluding tert-OH is 1. The van der Waals surface area contributed by atoms with Crippen LogP contribution in [0.3, 0.4) is 0 Å². The van der Waals surface area contributed by atoms with Crippen LogP contribution < -0.4 is 0 Å². The first kappa shape index (κ1) is 11.1. The van der Waals surface area contributed by atoms with Crippen molar-refractivity contribution in [2.24, 2.45) is 7.05 Å². The van der Waals surface area contributed by atoms with Crippen LogP contribution in [-0.4, -0.2) is 19.9 Å². The van der Waals surface area contributed by atoms with E-state index in [0.29, 0.717) is 16.4 Å². The van der Waals surface area contributed by atoms with Gasteiger partial charge in [-0.05, 0) is 24.6 Å². The molecule has 0 aliphatic heterocycles. The standard InChI is InChI=1S/C11H12ClN3O/c1-7-3-4-13-9(5-7)11(16)10-8(12)6-14-15(10)2/h3-6,11,16H,1-2H3. The zero-order valence-electron chi connectivity index (χ0n) is 9.05. The highest BCUT2D eigenvalue weighted by Crippen LogP contribution is 2.26. The van der Waals surface area contributed by atoms with Crippen molar-refractivity contribution in [3.63, 3.8) is 0 Å². The molecule has 5 heteroatoms. The topological polar surface area (TPSA) is 50.9 Å². The molecule has 2 heterocycles. The summed E-state index contributed by atoms with van der Waals surface area (Å²) in [6, 6.07) is 3.70. The van der Waals surface area contributed by atoms with Crippen LogP contribution in [0.1, 0.15) is 23.1 Å². The number of pyridine rings is 1. The number of hydrogen-bond acceptors (Lipinski definition) is 3. The second kappa shape index (κ2) is 4.23. The summed E-state index contributed by atoms with van der Waals surface area (Å²) in [5, 5.41) is 14.6. The Kier molecular flexibility index (Phi) is 2.94. The highest BCUT2D eigenvalue weighted by Gasteiger charge is 2.19. The zero-order chi connectivity index (χ0) is 11.7. The zero-order valence-corrected chi connectivity index (χ0v) is 9.81. The van der Waals surface area contributed by atoms with Crippen molar-refractivity contribution >= 4 is 11.6 Å². The van der Waals surface area contributed by atoms with Crippen LogP contribution in [0, 0.1) is 6.92 Å². The van der Waals surface area contributed by atoms with E-state index >= 15 is 0 Å². The molecule has 0 spiro atoms. The van der Waals surface area contributed by atoms with E-state index < -0.39 is 6.10 Å². The Labute approximate surface area is 98.5 Å². The molecule has 1 atom stereocenters. The molecule has 0 aliphatic rings. The third kappa shape index (κ3) is 1.94. The molecule has 16 heavy (non-hydrogen) atoms. The van der Waals surface area contributed by atoms with Gasteiger partial charge in [0.05, 0.1) is 22.6 Å². The lowest BCUT2D eigenvalue weighted by molar-refractivity contribution is 0.205. The fourth-order valence-corrected chi connectivity index (χ4v) is 1.85. The molecule has 2 rings (SSSR count). The van der Waals surface area contributed by atoms with Gasteiger partial charge in [0.1, 0.15) is 6.10 Å². The van der Waals surface area contributed by atoms with Crippen molar-refractivity contribution in [2.75, 3.05) is 0 Å². The molecule has 2 aromatic rings. The molecular formula is C11H12ClN3O. The Morgan fingerprint density at radius 1 is 1.50 bits per heavy atom. The maximum atomic E-state index is 10.2. The normalized spacial score (nSPS) is 12.8. The van der Waals surface area contributed by atoms with Gasteiger partial charge in [0.25, 0.3) is 0 Å². The molecule has 84 valence electrons. The maximum absolute atomic E-state index is 10.2. The molecule has 0 aliphatic carbocycles. The first-order chi connectivity index (χ1) is 7.59. The fraction of sp³-hybridized carbons (Fsp3) is 0.273. The summed E-state index contributed by atoms with van der Waals surface area (Å²) in [5.41, 5.74) is 2.17. The van der Waals surface area contributed by atoms with Crippen molar-refractivity contribution in [3.8, 4) is 0 Å². The van der Waals surface area contributed by atoms with Gasteiger partial charge in [-0.1, -0.05) is 11.6 Å². The molecule has 0 saturated carbocycles. The Morgan fingerprint density at radius 2 is 2.25 bits per heavy atom. The molecule has 1 unspecified atom stereocenters. The van der Waals surface area contributed by atoms with Crippen molar-refractivity contribution in [3.05, 3.63) is 46.5 Å². The number of aliphatic hydroxyl groups is 1. The van der Waals surface area contributed by atoms with Crippen molar-refractivity contribution in [1.29, 1.82) is 0 Å². The summed E-state index contributed by atoms with van der Waals surface area (Å²) in [4.78, 5) is 4.13. The van der Waals surface area contributed by atoms with Gasteiger partial charge in [0, 0.05) is 13.2 Å². The summed E-state index contributed by atoms with van der Waals surface area (Å²) < 4.78 is 1.55. The van der Waals surface area contributed by atoms with Crippen molar-refractivity contribution in [1.82, 2.24) is 14.8 Å². The van der Waals surface area contributed by atoms with E-state index in [-0.39, 0.29) is 0 Å². The van der Waals surface area contributed by atoms with E-state index in [1.165, 1.54) is 6.20 Å². The first-order valence-electron chi connectivity index (χ1n) is 4.87. The minimum absolute atomic E-state index is 0.443. The second-order valence-electron chi connectivity index (χ2n) is 3.66. The Morgan fingerprint density at radius 3 is 2.81 bits per heavy atom. The Balaban J connectivity index is 2.43. The van der Waals surface area contributed by atoms with Gasteiger partial charge in [-0.15, -0.1) is 0 Å². The van der Waals surface area contributed by atoms with Crippen LogP contribution in [0.5, 0.6) is 0 Å². The van der Waals surface area contributed by atoms with Crippen LogP contribution in [0.25, 0.3) is 0 Å². The quantitative estimate of drug-likeness (QED) is 0.868. The van der Waals surface area contributed by atoms with Crippen molar-refractivity contribution < 1.29 is 5.11 Å². The average Bonchev–Trinajstić information content (AvgIpc) is 2.58. The lowest BCUT2D eigenvalue weighted by atomic mass is 10.1. The highest BCUT2D eigenvalue weighted by molar-refractivity contribution is 6.31. The number of nitrogens with zero attached hydrogens (tertiary/aromatic N) is 3. The number of halogens is 1. The molecule has 0 amide bonds. The van der Waals surface area contributed by atoms with Crippen LogP contribution in [-0.2, 0) is 7.05 Å². The predicted octanol–water partition coefficient (Wildman–Crippen LogP) is 1.86. The van der Waals surface area contributed by atoms with E-state index in [2.05, 4.69) is 10.1 Å². The first-order valence-corrected chi connectivity index (χ1v) is 5.25. The molecule has 0 bridgehead atoms. The van der Waals surface area contributed by atoms with Gasteiger partial charge >= 0.3 is 0 Å². The summed E-state index contributed by atoms with van der Waals surface area (Å²) in [7, 11) is 1.74. The van der Waals surface area contributed by atoms with Crippen LogP contribution in [0.2, 0.25) is 5.02 Å². The lowest BCUT2D eigenvalue weighted by Gasteiger charge is -2.11. The molecule has 4 nitrogen and oxygen atoms in total. The smallest absolute Gasteiger partial charge is 0.139 e. The minimum atomic E-state index is -0.847. The van der Waals surface area contributed by atoms with Gasteiger partial charge in [0.15, 0.2) is 0 Å².